The number of ether oxygens (including phenoxy) is 2. The van der Waals surface area contributed by atoms with Crippen LogP contribution in [-0.2, 0) is 0 Å². The molecule has 0 aromatic heterocycles. The zero-order valence-electron chi connectivity index (χ0n) is 13.4. The zero-order chi connectivity index (χ0) is 16.6. The fourth-order valence-corrected chi connectivity index (χ4v) is 2.78. The third-order valence-corrected chi connectivity index (χ3v) is 4.35. The molecule has 1 aliphatic rings. The molecule has 0 amide bonds. The summed E-state index contributed by atoms with van der Waals surface area (Å²) in [5.74, 6) is 7.77. The van der Waals surface area contributed by atoms with Crippen LogP contribution in [0.3, 0.4) is 0 Å². The van der Waals surface area contributed by atoms with Crippen molar-refractivity contribution in [3.05, 3.63) is 58.6 Å². The van der Waals surface area contributed by atoms with Crippen LogP contribution in [0.4, 0.5) is 0 Å². The first-order valence-corrected chi connectivity index (χ1v) is 8.92. The van der Waals surface area contributed by atoms with E-state index in [9.17, 15) is 0 Å². The summed E-state index contributed by atoms with van der Waals surface area (Å²) in [7, 11) is 0. The lowest BCUT2D eigenvalue weighted by Crippen LogP contribution is -2.28. The van der Waals surface area contributed by atoms with Crippen LogP contribution in [0.2, 0.25) is 0 Å². The number of benzene rings is 2. The van der Waals surface area contributed by atoms with Crippen LogP contribution in [0, 0.1) is 11.8 Å². The predicted molar refractivity (Wildman–Crippen MR) is 99.5 cm³/mol. The average molecular weight is 386 g/mol. The molecule has 3 rings (SSSR count). The molecular weight excluding hydrogens is 366 g/mol. The van der Waals surface area contributed by atoms with E-state index in [1.165, 1.54) is 12.8 Å². The summed E-state index contributed by atoms with van der Waals surface area (Å²) in [4.78, 5) is 0. The maximum Gasteiger partial charge on any atom is 0.149 e. The summed E-state index contributed by atoms with van der Waals surface area (Å²) in [6.07, 6.45) is 2.43. The third-order valence-electron chi connectivity index (χ3n) is 3.83. The van der Waals surface area contributed by atoms with Crippen LogP contribution in [0.1, 0.15) is 18.4 Å². The predicted octanol–water partition coefficient (Wildman–Crippen LogP) is 4.01. The van der Waals surface area contributed by atoms with Crippen molar-refractivity contribution in [1.29, 1.82) is 0 Å². The summed E-state index contributed by atoms with van der Waals surface area (Å²) in [6, 6.07) is 16.1. The van der Waals surface area contributed by atoms with E-state index in [0.29, 0.717) is 12.6 Å². The minimum Gasteiger partial charge on any atom is -0.492 e. The minimum atomic E-state index is 0.363. The maximum atomic E-state index is 5.79. The van der Waals surface area contributed by atoms with Crippen LogP contribution in [0.15, 0.2) is 53.0 Å². The van der Waals surface area contributed by atoms with Crippen molar-refractivity contribution in [2.75, 3.05) is 19.8 Å². The van der Waals surface area contributed by atoms with Crippen molar-refractivity contribution in [3.8, 4) is 23.3 Å². The van der Waals surface area contributed by atoms with Crippen molar-refractivity contribution in [2.45, 2.75) is 18.9 Å². The van der Waals surface area contributed by atoms with Crippen LogP contribution in [-0.4, -0.2) is 25.8 Å². The van der Waals surface area contributed by atoms with Gasteiger partial charge in [-0.3, -0.25) is 0 Å². The van der Waals surface area contributed by atoms with Gasteiger partial charge in [-0.2, -0.15) is 0 Å². The molecule has 0 bridgehead atoms. The Bertz CT molecular complexity index is 695. The lowest BCUT2D eigenvalue weighted by atomic mass is 10.2. The summed E-state index contributed by atoms with van der Waals surface area (Å²) in [5.41, 5.74) is 0.978. The molecule has 124 valence electrons. The van der Waals surface area contributed by atoms with Gasteiger partial charge in [0.1, 0.15) is 24.7 Å². The second-order valence-corrected chi connectivity index (χ2v) is 6.59. The van der Waals surface area contributed by atoms with Gasteiger partial charge in [0.2, 0.25) is 0 Å². The normalized spacial score (nSPS) is 16.3. The Balaban J connectivity index is 1.43. The second kappa shape index (κ2) is 8.77. The SMILES string of the molecule is Brc1ccc(C#CCOc2ccc(OC[C@H]3CCCN3)cc2)cc1. The van der Waals surface area contributed by atoms with Crippen molar-refractivity contribution >= 4 is 15.9 Å². The molecule has 3 nitrogen and oxygen atoms in total. The van der Waals surface area contributed by atoms with E-state index in [0.717, 1.165) is 34.7 Å². The molecule has 1 atom stereocenters. The molecule has 0 radical (unpaired) electrons. The van der Waals surface area contributed by atoms with Crippen LogP contribution < -0.4 is 14.8 Å². The van der Waals surface area contributed by atoms with E-state index >= 15 is 0 Å². The lowest BCUT2D eigenvalue weighted by Gasteiger charge is -2.12. The van der Waals surface area contributed by atoms with Gasteiger partial charge in [-0.15, -0.1) is 0 Å². The van der Waals surface area contributed by atoms with Gasteiger partial charge in [-0.05, 0) is 67.9 Å². The fraction of sp³-hybridized carbons (Fsp3) is 0.300. The van der Waals surface area contributed by atoms with E-state index in [1.807, 2.05) is 48.5 Å². The van der Waals surface area contributed by atoms with Crippen LogP contribution >= 0.6 is 15.9 Å². The Kier molecular flexibility index (Phi) is 6.17. The first-order valence-electron chi connectivity index (χ1n) is 8.13. The molecule has 0 saturated carbocycles. The molecule has 0 spiro atoms. The summed E-state index contributed by atoms with van der Waals surface area (Å²) in [5, 5.41) is 3.42. The number of halogens is 1. The zero-order valence-corrected chi connectivity index (χ0v) is 15.0. The molecule has 2 aromatic carbocycles. The van der Waals surface area contributed by atoms with E-state index < -0.39 is 0 Å². The molecule has 1 aliphatic heterocycles. The Morgan fingerprint density at radius 2 is 1.71 bits per heavy atom. The molecular formula is C20H20BrNO2. The molecule has 0 unspecified atom stereocenters. The largest absolute Gasteiger partial charge is 0.492 e. The molecule has 1 fully saturated rings. The van der Waals surface area contributed by atoms with Gasteiger partial charge in [-0.1, -0.05) is 27.8 Å². The number of rotatable bonds is 5. The highest BCUT2D eigenvalue weighted by Gasteiger charge is 2.14. The molecule has 1 saturated heterocycles. The Morgan fingerprint density at radius 1 is 1.00 bits per heavy atom. The first kappa shape index (κ1) is 16.9. The molecule has 1 N–H and O–H groups in total. The Hall–Kier alpha value is -1.96. The number of hydrogen-bond donors (Lipinski definition) is 1. The van der Waals surface area contributed by atoms with E-state index in [4.69, 9.17) is 9.47 Å². The van der Waals surface area contributed by atoms with E-state index in [-0.39, 0.29) is 0 Å². The van der Waals surface area contributed by atoms with Crippen molar-refractivity contribution in [1.82, 2.24) is 5.32 Å². The minimum absolute atomic E-state index is 0.363. The second-order valence-electron chi connectivity index (χ2n) is 5.67. The lowest BCUT2D eigenvalue weighted by molar-refractivity contribution is 0.276. The monoisotopic (exact) mass is 385 g/mol. The van der Waals surface area contributed by atoms with E-state index in [2.05, 4.69) is 33.1 Å². The molecule has 0 aliphatic carbocycles. The average Bonchev–Trinajstić information content (AvgIpc) is 3.13. The molecule has 24 heavy (non-hydrogen) atoms. The first-order chi connectivity index (χ1) is 11.8. The van der Waals surface area contributed by atoms with Crippen LogP contribution in [0.5, 0.6) is 11.5 Å². The van der Waals surface area contributed by atoms with Gasteiger partial charge < -0.3 is 14.8 Å². The van der Waals surface area contributed by atoms with E-state index in [1.54, 1.807) is 0 Å². The molecule has 1 heterocycles. The quantitative estimate of drug-likeness (QED) is 0.788. The molecule has 2 aromatic rings. The van der Waals surface area contributed by atoms with Crippen molar-refractivity contribution < 1.29 is 9.47 Å². The number of nitrogens with one attached hydrogen (secondary N) is 1. The van der Waals surface area contributed by atoms with Gasteiger partial charge in [0.15, 0.2) is 0 Å². The Morgan fingerprint density at radius 3 is 2.38 bits per heavy atom. The van der Waals surface area contributed by atoms with Crippen LogP contribution in [0.25, 0.3) is 0 Å². The highest BCUT2D eigenvalue weighted by atomic mass is 79.9. The molecule has 4 heteroatoms. The fourth-order valence-electron chi connectivity index (χ4n) is 2.52. The van der Waals surface area contributed by atoms with Crippen molar-refractivity contribution in [2.24, 2.45) is 0 Å². The van der Waals surface area contributed by atoms with Gasteiger partial charge in [0, 0.05) is 16.1 Å². The third kappa shape index (κ3) is 5.30. The standard InChI is InChI=1S/C20H20BrNO2/c21-17-7-5-16(6-8-17)3-2-14-23-19-9-11-20(12-10-19)24-15-18-4-1-13-22-18/h5-12,18,22H,1,4,13-15H2/t18-/m1/s1. The van der Waals surface area contributed by atoms with Gasteiger partial charge in [0.25, 0.3) is 0 Å². The topological polar surface area (TPSA) is 30.5 Å². The Labute approximate surface area is 151 Å². The van der Waals surface area contributed by atoms with Gasteiger partial charge in [-0.25, -0.2) is 0 Å². The van der Waals surface area contributed by atoms with Gasteiger partial charge >= 0.3 is 0 Å². The highest BCUT2D eigenvalue weighted by molar-refractivity contribution is 9.10. The summed E-state index contributed by atoms with van der Waals surface area (Å²) >= 11 is 3.41. The van der Waals surface area contributed by atoms with Gasteiger partial charge in [0.05, 0.1) is 0 Å². The summed E-state index contributed by atoms with van der Waals surface area (Å²) in [6.45, 7) is 2.18. The summed E-state index contributed by atoms with van der Waals surface area (Å²) < 4.78 is 12.5. The van der Waals surface area contributed by atoms with Crippen molar-refractivity contribution in [3.63, 3.8) is 0 Å². The maximum absolute atomic E-state index is 5.79. The highest BCUT2D eigenvalue weighted by Crippen LogP contribution is 2.18. The number of hydrogen-bond acceptors (Lipinski definition) is 3. The smallest absolute Gasteiger partial charge is 0.149 e.